The summed E-state index contributed by atoms with van der Waals surface area (Å²) in [5.74, 6) is 2.21. The molecular weight excluding hydrogens is 292 g/mol. The molecule has 0 aliphatic carbocycles. The van der Waals surface area contributed by atoms with Gasteiger partial charge in [-0.25, -0.2) is 0 Å². The molecule has 1 atom stereocenters. The molecule has 1 heterocycles. The van der Waals surface area contributed by atoms with Crippen LogP contribution in [0.2, 0.25) is 0 Å². The normalized spacial score (nSPS) is 18.3. The summed E-state index contributed by atoms with van der Waals surface area (Å²) in [5, 5.41) is 17.6. The molecule has 1 N–H and O–H groups in total. The molecule has 0 bridgehead atoms. The second-order valence-electron chi connectivity index (χ2n) is 4.32. The van der Waals surface area contributed by atoms with Gasteiger partial charge in [0.25, 0.3) is 0 Å². The highest BCUT2D eigenvalue weighted by Gasteiger charge is 2.32. The van der Waals surface area contributed by atoms with E-state index in [9.17, 15) is 4.79 Å². The highest BCUT2D eigenvalue weighted by molar-refractivity contribution is 8.00. The Bertz CT molecular complexity index is 499. The summed E-state index contributed by atoms with van der Waals surface area (Å²) in [5.41, 5.74) is 1.69. The first kappa shape index (κ1) is 15.2. The molecule has 1 fully saturated rings. The number of carbonyl (C=O) groups is 1. The average Bonchev–Trinajstić information content (AvgIpc) is 2.85. The maximum Gasteiger partial charge on any atom is 0.233 e. The highest BCUT2D eigenvalue weighted by Crippen LogP contribution is 2.38. The largest absolute Gasteiger partial charge is 0.396 e. The number of aliphatic hydroxyl groups excluding tert-OH is 1. The van der Waals surface area contributed by atoms with Crippen molar-refractivity contribution in [3.8, 4) is 6.07 Å². The number of thioether (sulfide) groups is 2. The highest BCUT2D eigenvalue weighted by atomic mass is 32.2. The number of nitrogens with zero attached hydrogens (tertiary/aromatic N) is 2. The first-order valence-electron chi connectivity index (χ1n) is 6.36. The Labute approximate surface area is 127 Å². The van der Waals surface area contributed by atoms with Crippen molar-refractivity contribution in [2.75, 3.05) is 30.4 Å². The van der Waals surface area contributed by atoms with Crippen LogP contribution < -0.4 is 0 Å². The van der Waals surface area contributed by atoms with E-state index in [0.29, 0.717) is 23.6 Å². The number of amides is 1. The van der Waals surface area contributed by atoms with Gasteiger partial charge in [-0.15, -0.1) is 11.8 Å². The van der Waals surface area contributed by atoms with Gasteiger partial charge in [-0.1, -0.05) is 12.1 Å². The van der Waals surface area contributed by atoms with Gasteiger partial charge in [0.15, 0.2) is 0 Å². The van der Waals surface area contributed by atoms with Crippen molar-refractivity contribution in [2.24, 2.45) is 0 Å². The summed E-state index contributed by atoms with van der Waals surface area (Å²) >= 11 is 3.27. The van der Waals surface area contributed by atoms with Crippen LogP contribution in [0.4, 0.5) is 0 Å². The minimum atomic E-state index is 0.0463. The van der Waals surface area contributed by atoms with Gasteiger partial charge in [0.05, 0.1) is 24.0 Å². The van der Waals surface area contributed by atoms with E-state index in [4.69, 9.17) is 10.4 Å². The summed E-state index contributed by atoms with van der Waals surface area (Å²) in [7, 11) is 0. The lowest BCUT2D eigenvalue weighted by molar-refractivity contribution is -0.127. The van der Waals surface area contributed by atoms with E-state index < -0.39 is 0 Å². The number of benzene rings is 1. The molecule has 1 unspecified atom stereocenters. The molecule has 1 aromatic rings. The molecule has 1 aliphatic heterocycles. The lowest BCUT2D eigenvalue weighted by atomic mass is 10.1. The lowest BCUT2D eigenvalue weighted by Crippen LogP contribution is -2.30. The van der Waals surface area contributed by atoms with E-state index in [-0.39, 0.29) is 17.9 Å². The third-order valence-corrected chi connectivity index (χ3v) is 5.20. The monoisotopic (exact) mass is 308 g/mol. The molecule has 1 amide bonds. The first-order valence-corrected chi connectivity index (χ1v) is 8.56. The van der Waals surface area contributed by atoms with Crippen LogP contribution in [0.5, 0.6) is 0 Å². The van der Waals surface area contributed by atoms with Gasteiger partial charge in [0, 0.05) is 18.1 Å². The Morgan fingerprint density at radius 2 is 2.15 bits per heavy atom. The maximum atomic E-state index is 11.9. The fourth-order valence-electron chi connectivity index (χ4n) is 2.02. The summed E-state index contributed by atoms with van der Waals surface area (Å²) in [6.45, 7) is 0.869. The summed E-state index contributed by atoms with van der Waals surface area (Å²) in [4.78, 5) is 13.8. The zero-order chi connectivity index (χ0) is 14.4. The molecule has 20 heavy (non-hydrogen) atoms. The van der Waals surface area contributed by atoms with Gasteiger partial charge in [-0.2, -0.15) is 17.0 Å². The summed E-state index contributed by atoms with van der Waals surface area (Å²) in [6, 6.07) is 9.52. The van der Waals surface area contributed by atoms with Crippen molar-refractivity contribution in [2.45, 2.75) is 5.37 Å². The molecular formula is C14H16N2O2S2. The number of rotatable bonds is 6. The fourth-order valence-corrected chi connectivity index (χ4v) is 3.90. The predicted octanol–water partition coefficient (Wildman–Crippen LogP) is 1.86. The maximum absolute atomic E-state index is 11.9. The smallest absolute Gasteiger partial charge is 0.233 e. The van der Waals surface area contributed by atoms with Crippen LogP contribution in [-0.4, -0.2) is 46.3 Å². The van der Waals surface area contributed by atoms with Crippen molar-refractivity contribution in [1.29, 1.82) is 5.26 Å². The van der Waals surface area contributed by atoms with Crippen LogP contribution >= 0.6 is 23.5 Å². The number of aliphatic hydroxyl groups is 1. The third kappa shape index (κ3) is 3.69. The zero-order valence-electron chi connectivity index (χ0n) is 11.0. The van der Waals surface area contributed by atoms with Crippen LogP contribution in [0.1, 0.15) is 16.5 Å². The van der Waals surface area contributed by atoms with Crippen LogP contribution in [0.25, 0.3) is 0 Å². The minimum Gasteiger partial charge on any atom is -0.396 e. The molecule has 1 saturated heterocycles. The van der Waals surface area contributed by atoms with Gasteiger partial charge < -0.3 is 10.0 Å². The second-order valence-corrected chi connectivity index (χ2v) is 6.61. The van der Waals surface area contributed by atoms with Crippen LogP contribution in [0.15, 0.2) is 24.3 Å². The van der Waals surface area contributed by atoms with E-state index in [0.717, 1.165) is 11.3 Å². The molecule has 0 spiro atoms. The van der Waals surface area contributed by atoms with Gasteiger partial charge in [0.1, 0.15) is 5.37 Å². The van der Waals surface area contributed by atoms with Crippen LogP contribution in [0.3, 0.4) is 0 Å². The van der Waals surface area contributed by atoms with Crippen molar-refractivity contribution in [3.05, 3.63) is 35.4 Å². The third-order valence-electron chi connectivity index (χ3n) is 3.01. The Hall–Kier alpha value is -1.16. The quantitative estimate of drug-likeness (QED) is 0.813. The lowest BCUT2D eigenvalue weighted by Gasteiger charge is -2.24. The van der Waals surface area contributed by atoms with Gasteiger partial charge in [-0.3, -0.25) is 4.79 Å². The Morgan fingerprint density at radius 3 is 2.80 bits per heavy atom. The van der Waals surface area contributed by atoms with E-state index in [1.54, 1.807) is 35.7 Å². The van der Waals surface area contributed by atoms with Crippen molar-refractivity contribution in [3.63, 3.8) is 0 Å². The van der Waals surface area contributed by atoms with E-state index in [1.807, 2.05) is 17.0 Å². The Morgan fingerprint density at radius 1 is 1.40 bits per heavy atom. The SMILES string of the molecule is N#Cc1ccc(C2SCC(=O)N2CCSCCO)cc1. The second kappa shape index (κ2) is 7.58. The molecule has 4 nitrogen and oxygen atoms in total. The van der Waals surface area contributed by atoms with Crippen molar-refractivity contribution < 1.29 is 9.90 Å². The van der Waals surface area contributed by atoms with Crippen molar-refractivity contribution >= 4 is 29.4 Å². The number of nitriles is 1. The summed E-state index contributed by atoms with van der Waals surface area (Å²) in [6.07, 6.45) is 0. The zero-order valence-corrected chi connectivity index (χ0v) is 12.6. The van der Waals surface area contributed by atoms with E-state index in [1.165, 1.54) is 0 Å². The molecule has 2 rings (SSSR count). The molecule has 1 aliphatic rings. The van der Waals surface area contributed by atoms with E-state index in [2.05, 4.69) is 6.07 Å². The van der Waals surface area contributed by atoms with Crippen LogP contribution in [-0.2, 0) is 4.79 Å². The Kier molecular flexibility index (Phi) is 5.77. The average molecular weight is 308 g/mol. The van der Waals surface area contributed by atoms with Gasteiger partial charge in [-0.05, 0) is 17.7 Å². The Balaban J connectivity index is 2.01. The van der Waals surface area contributed by atoms with E-state index >= 15 is 0 Å². The van der Waals surface area contributed by atoms with Gasteiger partial charge >= 0.3 is 0 Å². The molecule has 0 saturated carbocycles. The van der Waals surface area contributed by atoms with Crippen LogP contribution in [0, 0.1) is 11.3 Å². The number of hydrogen-bond acceptors (Lipinski definition) is 5. The predicted molar refractivity (Wildman–Crippen MR) is 82.5 cm³/mol. The molecule has 106 valence electrons. The number of hydrogen-bond donors (Lipinski definition) is 1. The van der Waals surface area contributed by atoms with Gasteiger partial charge in [0.2, 0.25) is 5.91 Å². The molecule has 6 heteroatoms. The molecule has 0 radical (unpaired) electrons. The molecule has 0 aromatic heterocycles. The standard InChI is InChI=1S/C14H16N2O2S2/c15-9-11-1-3-12(4-2-11)14-16(13(18)10-20-14)5-7-19-8-6-17/h1-4,14,17H,5-8,10H2. The fraction of sp³-hybridized carbons (Fsp3) is 0.429. The number of carbonyl (C=O) groups excluding carboxylic acids is 1. The molecule has 1 aromatic carbocycles. The first-order chi connectivity index (χ1) is 9.76. The topological polar surface area (TPSA) is 64.3 Å². The summed E-state index contributed by atoms with van der Waals surface area (Å²) < 4.78 is 0. The van der Waals surface area contributed by atoms with Crippen molar-refractivity contribution in [1.82, 2.24) is 4.90 Å². The minimum absolute atomic E-state index is 0.0463.